The van der Waals surface area contributed by atoms with Gasteiger partial charge in [0.2, 0.25) is 0 Å². The van der Waals surface area contributed by atoms with Crippen molar-refractivity contribution in [2.24, 2.45) is 0 Å². The Bertz CT molecular complexity index is 928. The maximum absolute atomic E-state index is 12.3. The Balaban J connectivity index is 1.70. The van der Waals surface area contributed by atoms with Gasteiger partial charge in [0.15, 0.2) is 5.82 Å². The van der Waals surface area contributed by atoms with E-state index in [4.69, 9.17) is 23.8 Å². The van der Waals surface area contributed by atoms with Gasteiger partial charge >= 0.3 is 5.97 Å². The quantitative estimate of drug-likeness (QED) is 0.299. The highest BCUT2D eigenvalue weighted by molar-refractivity contribution is 7.07. The first-order chi connectivity index (χ1) is 14.8. The molecule has 3 rings (SSSR count). The Morgan fingerprint density at radius 3 is 2.57 bits per heavy atom. The van der Waals surface area contributed by atoms with E-state index in [0.717, 1.165) is 0 Å². The number of carbonyl (C=O) groups excluding carboxylic acids is 1. The van der Waals surface area contributed by atoms with Crippen molar-refractivity contribution in [3.05, 3.63) is 34.7 Å². The molecule has 0 aliphatic carbocycles. The van der Waals surface area contributed by atoms with Gasteiger partial charge < -0.3 is 23.8 Å². The van der Waals surface area contributed by atoms with Crippen molar-refractivity contribution in [1.82, 2.24) is 14.7 Å². The molecule has 1 aromatic carbocycles. The number of imidazole rings is 1. The molecule has 0 atom stereocenters. The summed E-state index contributed by atoms with van der Waals surface area (Å²) in [6, 6.07) is 5.30. The molecule has 0 unspecified atom stereocenters. The number of thiazole rings is 1. The lowest BCUT2D eigenvalue weighted by Gasteiger charge is -2.11. The van der Waals surface area contributed by atoms with Gasteiger partial charge in [-0.1, -0.05) is 6.07 Å². The van der Waals surface area contributed by atoms with Gasteiger partial charge in [-0.3, -0.25) is 0 Å². The van der Waals surface area contributed by atoms with Crippen LogP contribution in [0.15, 0.2) is 29.1 Å². The Hall–Kier alpha value is -2.53. The highest BCUT2D eigenvalue weighted by atomic mass is 32.1. The van der Waals surface area contributed by atoms with Crippen LogP contribution in [-0.4, -0.2) is 74.0 Å². The molecule has 0 saturated heterocycles. The third-order valence-corrected chi connectivity index (χ3v) is 4.64. The normalized spacial score (nSPS) is 11.1. The predicted molar refractivity (Wildman–Crippen MR) is 112 cm³/mol. The van der Waals surface area contributed by atoms with E-state index >= 15 is 0 Å². The van der Waals surface area contributed by atoms with Crippen molar-refractivity contribution in [2.45, 2.75) is 6.92 Å². The fraction of sp³-hybridized carbons (Fsp3) is 0.450. The zero-order valence-corrected chi connectivity index (χ0v) is 17.9. The molecule has 0 fully saturated rings. The molecular weight excluding hydrogens is 410 g/mol. The Labute approximate surface area is 178 Å². The molecule has 0 N–H and O–H groups in total. The van der Waals surface area contributed by atoms with E-state index < -0.39 is 5.97 Å². The van der Waals surface area contributed by atoms with Crippen LogP contribution in [0.3, 0.4) is 0 Å². The number of rotatable bonds is 13. The molecule has 0 bridgehead atoms. The van der Waals surface area contributed by atoms with Gasteiger partial charge in [-0.05, 0) is 19.1 Å². The second-order valence-corrected chi connectivity index (χ2v) is 6.77. The Morgan fingerprint density at radius 2 is 1.87 bits per heavy atom. The van der Waals surface area contributed by atoms with Gasteiger partial charge in [0.25, 0.3) is 0 Å². The fourth-order valence-electron chi connectivity index (χ4n) is 2.72. The summed E-state index contributed by atoms with van der Waals surface area (Å²) >= 11 is 1.46. The van der Waals surface area contributed by atoms with Crippen LogP contribution in [0.5, 0.6) is 0 Å². The first-order valence-electron chi connectivity index (χ1n) is 9.61. The number of methoxy groups -OCH3 is 1. The van der Waals surface area contributed by atoms with Gasteiger partial charge in [0.1, 0.15) is 23.3 Å². The topological polar surface area (TPSA) is 93.9 Å². The van der Waals surface area contributed by atoms with Crippen LogP contribution in [0.1, 0.15) is 17.3 Å². The number of esters is 1. The van der Waals surface area contributed by atoms with Gasteiger partial charge in [0.05, 0.1) is 50.7 Å². The summed E-state index contributed by atoms with van der Waals surface area (Å²) in [6.45, 7) is 4.78. The lowest BCUT2D eigenvalue weighted by molar-refractivity contribution is 0.00277. The SMILES string of the molecule is CCOC(=O)c1cccc2c1nc(-c1cscn1)n2OCCOCCOCCOC. The third-order valence-electron chi connectivity index (χ3n) is 4.05. The highest BCUT2D eigenvalue weighted by Gasteiger charge is 2.21. The monoisotopic (exact) mass is 435 g/mol. The largest absolute Gasteiger partial charge is 0.462 e. The molecule has 0 radical (unpaired) electrons. The number of hydrogen-bond acceptors (Lipinski definition) is 9. The first-order valence-corrected chi connectivity index (χ1v) is 10.6. The number of ether oxygens (including phenoxy) is 4. The molecule has 2 heterocycles. The molecule has 0 aliphatic rings. The summed E-state index contributed by atoms with van der Waals surface area (Å²) in [5.74, 6) is 0.0975. The predicted octanol–water partition coefficient (Wildman–Crippen LogP) is 2.44. The van der Waals surface area contributed by atoms with E-state index in [1.165, 1.54) is 11.3 Å². The van der Waals surface area contributed by atoms with E-state index in [1.54, 1.807) is 36.4 Å². The van der Waals surface area contributed by atoms with Crippen molar-refractivity contribution in [3.8, 4) is 11.5 Å². The van der Waals surface area contributed by atoms with Crippen molar-refractivity contribution < 1.29 is 28.6 Å². The second-order valence-electron chi connectivity index (χ2n) is 6.05. The number of aromatic nitrogens is 3. The first kappa shape index (κ1) is 22.2. The van der Waals surface area contributed by atoms with Crippen LogP contribution in [0.2, 0.25) is 0 Å². The van der Waals surface area contributed by atoms with Gasteiger partial charge in [-0.2, -0.15) is 4.73 Å². The van der Waals surface area contributed by atoms with Crippen LogP contribution < -0.4 is 4.84 Å². The minimum Gasteiger partial charge on any atom is -0.462 e. The van der Waals surface area contributed by atoms with Crippen LogP contribution >= 0.6 is 11.3 Å². The highest BCUT2D eigenvalue weighted by Crippen LogP contribution is 2.26. The summed E-state index contributed by atoms with van der Waals surface area (Å²) in [6.07, 6.45) is 0. The van der Waals surface area contributed by atoms with Crippen LogP contribution in [0, 0.1) is 0 Å². The standard InChI is InChI=1S/C20H25N3O6S/c1-3-28-20(24)15-5-4-6-17-18(15)22-19(16-13-30-14-21-16)23(17)29-12-11-27-10-9-26-8-7-25-2/h4-6,13-14H,3,7-12H2,1-2H3. The molecule has 30 heavy (non-hydrogen) atoms. The van der Waals surface area contributed by atoms with Crippen molar-refractivity contribution in [2.75, 3.05) is 53.4 Å². The molecule has 3 aromatic rings. The summed E-state index contributed by atoms with van der Waals surface area (Å²) in [7, 11) is 1.63. The zero-order chi connectivity index (χ0) is 21.2. The van der Waals surface area contributed by atoms with E-state index in [9.17, 15) is 4.79 Å². The van der Waals surface area contributed by atoms with E-state index in [1.807, 2.05) is 11.4 Å². The molecule has 0 aliphatic heterocycles. The van der Waals surface area contributed by atoms with Crippen LogP contribution in [-0.2, 0) is 18.9 Å². The average Bonchev–Trinajstić information content (AvgIpc) is 3.40. The minimum absolute atomic E-state index is 0.290. The Kier molecular flexibility index (Phi) is 8.57. The van der Waals surface area contributed by atoms with Crippen molar-refractivity contribution in [3.63, 3.8) is 0 Å². The molecular formula is C20H25N3O6S. The van der Waals surface area contributed by atoms with E-state index in [2.05, 4.69) is 9.97 Å². The lowest BCUT2D eigenvalue weighted by Crippen LogP contribution is -2.19. The average molecular weight is 436 g/mol. The minimum atomic E-state index is -0.422. The van der Waals surface area contributed by atoms with Gasteiger partial charge in [-0.25, -0.2) is 14.8 Å². The summed E-state index contributed by atoms with van der Waals surface area (Å²) in [5.41, 5.74) is 3.94. The number of benzene rings is 1. The number of carbonyl (C=O) groups is 1. The fourth-order valence-corrected chi connectivity index (χ4v) is 3.25. The third kappa shape index (κ3) is 5.54. The lowest BCUT2D eigenvalue weighted by atomic mass is 10.2. The summed E-state index contributed by atoms with van der Waals surface area (Å²) < 4.78 is 22.5. The van der Waals surface area contributed by atoms with Crippen LogP contribution in [0.4, 0.5) is 0 Å². The number of nitrogens with zero attached hydrogens (tertiary/aromatic N) is 3. The molecule has 2 aromatic heterocycles. The molecule has 162 valence electrons. The molecule has 10 heteroatoms. The summed E-state index contributed by atoms with van der Waals surface area (Å²) in [5, 5.41) is 1.87. The second kappa shape index (κ2) is 11.6. The number of hydrogen-bond donors (Lipinski definition) is 0. The van der Waals surface area contributed by atoms with Crippen molar-refractivity contribution >= 4 is 28.3 Å². The number of fused-ring (bicyclic) bond motifs is 1. The Morgan fingerprint density at radius 1 is 1.10 bits per heavy atom. The molecule has 0 amide bonds. The van der Waals surface area contributed by atoms with E-state index in [0.29, 0.717) is 67.8 Å². The zero-order valence-electron chi connectivity index (χ0n) is 17.0. The summed E-state index contributed by atoms with van der Waals surface area (Å²) in [4.78, 5) is 27.2. The molecule has 0 saturated carbocycles. The van der Waals surface area contributed by atoms with Gasteiger partial charge in [-0.15, -0.1) is 11.3 Å². The maximum Gasteiger partial charge on any atom is 0.340 e. The van der Waals surface area contributed by atoms with Crippen LogP contribution in [0.25, 0.3) is 22.6 Å². The smallest absolute Gasteiger partial charge is 0.340 e. The maximum atomic E-state index is 12.3. The van der Waals surface area contributed by atoms with E-state index in [-0.39, 0.29) is 6.61 Å². The van der Waals surface area contributed by atoms with Gasteiger partial charge in [0, 0.05) is 12.5 Å². The molecule has 9 nitrogen and oxygen atoms in total. The number of para-hydroxylation sites is 1. The molecule has 0 spiro atoms. The van der Waals surface area contributed by atoms with Crippen molar-refractivity contribution in [1.29, 1.82) is 0 Å².